The van der Waals surface area contributed by atoms with Crippen LogP contribution >= 0.6 is 0 Å². The molecule has 0 atom stereocenters. The zero-order valence-corrected chi connectivity index (χ0v) is 15.7. The van der Waals surface area contributed by atoms with Gasteiger partial charge in [0.25, 0.3) is 0 Å². The minimum atomic E-state index is 0.233. The normalized spacial score (nSPS) is 13.1. The Labute approximate surface area is 153 Å². The van der Waals surface area contributed by atoms with Gasteiger partial charge in [-0.3, -0.25) is 0 Å². The molecule has 3 aromatic rings. The summed E-state index contributed by atoms with van der Waals surface area (Å²) in [7, 11) is 2.08. The maximum atomic E-state index is 6.00. The van der Waals surface area contributed by atoms with Crippen LogP contribution < -0.4 is 9.64 Å². The molecule has 2 aromatic heterocycles. The maximum Gasteiger partial charge on any atom is 0.178 e. The second kappa shape index (κ2) is 6.48. The van der Waals surface area contributed by atoms with Gasteiger partial charge in [-0.15, -0.1) is 0 Å². The number of imidazole rings is 1. The van der Waals surface area contributed by atoms with Crippen LogP contribution in [-0.2, 0) is 6.54 Å². The van der Waals surface area contributed by atoms with Crippen LogP contribution in [0.4, 0.5) is 5.69 Å². The van der Waals surface area contributed by atoms with E-state index in [2.05, 4.69) is 65.6 Å². The molecular weight excluding hydrogens is 328 g/mol. The fourth-order valence-corrected chi connectivity index (χ4v) is 3.21. The molecule has 1 aliphatic rings. The number of hydrogen-bond donors (Lipinski definition) is 0. The average Bonchev–Trinajstić information content (AvgIpc) is 3.25. The van der Waals surface area contributed by atoms with E-state index in [0.717, 1.165) is 47.4 Å². The Hall–Kier alpha value is -2.83. The van der Waals surface area contributed by atoms with Crippen molar-refractivity contribution in [1.29, 1.82) is 0 Å². The van der Waals surface area contributed by atoms with Crippen LogP contribution in [0.2, 0.25) is 0 Å². The standard InChI is InChI=1S/C19H24N6O/c1-5-23(4)14-6-7-15-17(10-14)26-9-8-24-11-16(22-18(15)24)19-20-12-21-25(19)13(2)3/h6-7,10-13H,5,8-9H2,1-4H3. The van der Waals surface area contributed by atoms with Crippen LogP contribution in [0, 0.1) is 0 Å². The summed E-state index contributed by atoms with van der Waals surface area (Å²) in [5, 5.41) is 4.33. The lowest BCUT2D eigenvalue weighted by atomic mass is 10.1. The quantitative estimate of drug-likeness (QED) is 0.721. The molecule has 0 saturated carbocycles. The molecule has 4 rings (SSSR count). The molecule has 0 saturated heterocycles. The number of aromatic nitrogens is 5. The third-order valence-corrected chi connectivity index (χ3v) is 4.78. The van der Waals surface area contributed by atoms with Crippen LogP contribution in [-0.4, -0.2) is 44.5 Å². The minimum Gasteiger partial charge on any atom is -0.491 e. The molecule has 1 aromatic carbocycles. The maximum absolute atomic E-state index is 6.00. The third-order valence-electron chi connectivity index (χ3n) is 4.78. The molecular formula is C19H24N6O. The molecule has 0 radical (unpaired) electrons. The molecule has 7 heteroatoms. The number of ether oxygens (including phenoxy) is 1. The molecule has 3 heterocycles. The summed E-state index contributed by atoms with van der Waals surface area (Å²) in [4.78, 5) is 11.5. The van der Waals surface area contributed by atoms with Gasteiger partial charge in [-0.05, 0) is 32.9 Å². The second-order valence-corrected chi connectivity index (χ2v) is 6.81. The Morgan fingerprint density at radius 2 is 2.12 bits per heavy atom. The van der Waals surface area contributed by atoms with Crippen molar-refractivity contribution in [2.45, 2.75) is 33.4 Å². The molecule has 0 spiro atoms. The van der Waals surface area contributed by atoms with Gasteiger partial charge in [0.2, 0.25) is 0 Å². The third kappa shape index (κ3) is 2.73. The summed E-state index contributed by atoms with van der Waals surface area (Å²) < 4.78 is 10.0. The highest BCUT2D eigenvalue weighted by Crippen LogP contribution is 2.36. The topological polar surface area (TPSA) is 61.0 Å². The Morgan fingerprint density at radius 3 is 2.88 bits per heavy atom. The molecule has 0 fully saturated rings. The lowest BCUT2D eigenvalue weighted by molar-refractivity contribution is 0.307. The van der Waals surface area contributed by atoms with Crippen LogP contribution in [0.1, 0.15) is 26.8 Å². The summed E-state index contributed by atoms with van der Waals surface area (Å²) in [6, 6.07) is 6.54. The van der Waals surface area contributed by atoms with Crippen molar-refractivity contribution in [3.8, 4) is 28.7 Å². The highest BCUT2D eigenvalue weighted by Gasteiger charge is 2.22. The predicted molar refractivity (Wildman–Crippen MR) is 102 cm³/mol. The Balaban J connectivity index is 1.79. The van der Waals surface area contributed by atoms with Gasteiger partial charge in [-0.25, -0.2) is 14.6 Å². The first-order valence-corrected chi connectivity index (χ1v) is 9.04. The Bertz CT molecular complexity index is 926. The smallest absolute Gasteiger partial charge is 0.178 e. The molecule has 136 valence electrons. The van der Waals surface area contributed by atoms with Gasteiger partial charge < -0.3 is 14.2 Å². The monoisotopic (exact) mass is 352 g/mol. The summed E-state index contributed by atoms with van der Waals surface area (Å²) in [5.41, 5.74) is 3.00. The van der Waals surface area contributed by atoms with Crippen molar-refractivity contribution < 1.29 is 4.74 Å². The van der Waals surface area contributed by atoms with Crippen molar-refractivity contribution in [2.24, 2.45) is 0 Å². The zero-order chi connectivity index (χ0) is 18.3. The van der Waals surface area contributed by atoms with Crippen molar-refractivity contribution in [1.82, 2.24) is 24.3 Å². The largest absolute Gasteiger partial charge is 0.491 e. The fraction of sp³-hybridized carbons (Fsp3) is 0.421. The lowest BCUT2D eigenvalue weighted by Gasteiger charge is -2.18. The highest BCUT2D eigenvalue weighted by atomic mass is 16.5. The summed E-state index contributed by atoms with van der Waals surface area (Å²) in [6.07, 6.45) is 3.63. The molecule has 0 bridgehead atoms. The molecule has 26 heavy (non-hydrogen) atoms. The van der Waals surface area contributed by atoms with Gasteiger partial charge in [0.05, 0.1) is 12.1 Å². The van der Waals surface area contributed by atoms with E-state index in [9.17, 15) is 0 Å². The molecule has 0 aliphatic carbocycles. The van der Waals surface area contributed by atoms with Gasteiger partial charge in [0.1, 0.15) is 30.2 Å². The van der Waals surface area contributed by atoms with E-state index in [-0.39, 0.29) is 6.04 Å². The van der Waals surface area contributed by atoms with Crippen molar-refractivity contribution in [2.75, 3.05) is 25.1 Å². The molecule has 1 aliphatic heterocycles. The number of fused-ring (bicyclic) bond motifs is 3. The van der Waals surface area contributed by atoms with Crippen molar-refractivity contribution in [3.05, 3.63) is 30.7 Å². The fourth-order valence-electron chi connectivity index (χ4n) is 3.21. The number of rotatable bonds is 4. The first-order chi connectivity index (χ1) is 12.6. The van der Waals surface area contributed by atoms with E-state index >= 15 is 0 Å². The Kier molecular flexibility index (Phi) is 4.14. The predicted octanol–water partition coefficient (Wildman–Crippen LogP) is 3.24. The molecule has 0 unspecified atom stereocenters. The molecule has 0 amide bonds. The van der Waals surface area contributed by atoms with E-state index in [1.54, 1.807) is 6.33 Å². The first kappa shape index (κ1) is 16.6. The summed E-state index contributed by atoms with van der Waals surface area (Å²) in [5.74, 6) is 2.59. The van der Waals surface area contributed by atoms with Gasteiger partial charge in [-0.1, -0.05) is 0 Å². The molecule has 7 nitrogen and oxygen atoms in total. The van der Waals surface area contributed by atoms with Gasteiger partial charge in [0.15, 0.2) is 5.82 Å². The van der Waals surface area contributed by atoms with Gasteiger partial charge in [0, 0.05) is 37.6 Å². The zero-order valence-electron chi connectivity index (χ0n) is 15.7. The van der Waals surface area contributed by atoms with Crippen LogP contribution in [0.15, 0.2) is 30.7 Å². The van der Waals surface area contributed by atoms with E-state index in [0.29, 0.717) is 6.61 Å². The summed E-state index contributed by atoms with van der Waals surface area (Å²) in [6.45, 7) is 8.64. The van der Waals surface area contributed by atoms with Gasteiger partial charge >= 0.3 is 0 Å². The van der Waals surface area contributed by atoms with Crippen LogP contribution in [0.3, 0.4) is 0 Å². The minimum absolute atomic E-state index is 0.233. The van der Waals surface area contributed by atoms with Crippen LogP contribution in [0.25, 0.3) is 22.9 Å². The van der Waals surface area contributed by atoms with Crippen LogP contribution in [0.5, 0.6) is 5.75 Å². The van der Waals surface area contributed by atoms with E-state index in [1.165, 1.54) is 0 Å². The number of nitrogens with zero attached hydrogens (tertiary/aromatic N) is 6. The van der Waals surface area contributed by atoms with E-state index in [1.807, 2.05) is 10.9 Å². The molecule has 0 N–H and O–H groups in total. The summed E-state index contributed by atoms with van der Waals surface area (Å²) >= 11 is 0. The first-order valence-electron chi connectivity index (χ1n) is 9.04. The average molecular weight is 352 g/mol. The second-order valence-electron chi connectivity index (χ2n) is 6.81. The number of anilines is 1. The Morgan fingerprint density at radius 1 is 1.27 bits per heavy atom. The van der Waals surface area contributed by atoms with E-state index < -0.39 is 0 Å². The highest BCUT2D eigenvalue weighted by molar-refractivity contribution is 5.71. The SMILES string of the molecule is CCN(C)c1ccc2c(c1)OCCn1cc(-c3ncnn3C(C)C)nc1-2. The lowest BCUT2D eigenvalue weighted by Crippen LogP contribution is -2.15. The van der Waals surface area contributed by atoms with Gasteiger partial charge in [-0.2, -0.15) is 5.10 Å². The number of benzene rings is 1. The van der Waals surface area contributed by atoms with Crippen molar-refractivity contribution >= 4 is 5.69 Å². The van der Waals surface area contributed by atoms with Crippen molar-refractivity contribution in [3.63, 3.8) is 0 Å². The van der Waals surface area contributed by atoms with E-state index in [4.69, 9.17) is 9.72 Å². The number of hydrogen-bond acceptors (Lipinski definition) is 5.